The lowest BCUT2D eigenvalue weighted by molar-refractivity contribution is -0.136. The summed E-state index contributed by atoms with van der Waals surface area (Å²) in [5.41, 5.74) is 7.18. The van der Waals surface area contributed by atoms with Crippen molar-refractivity contribution < 1.29 is 19.1 Å². The number of aliphatic carboxylic acids is 1. The summed E-state index contributed by atoms with van der Waals surface area (Å²) in [7, 11) is 0. The Kier molecular flexibility index (Phi) is 3.68. The average Bonchev–Trinajstić information content (AvgIpc) is 2.90. The highest BCUT2D eigenvalue weighted by molar-refractivity contribution is 5.86. The smallest absolute Gasteiger partial charge is 0.307 e. The fourth-order valence-electron chi connectivity index (χ4n) is 2.25. The van der Waals surface area contributed by atoms with Gasteiger partial charge in [-0.15, -0.1) is 4.91 Å². The van der Waals surface area contributed by atoms with E-state index < -0.39 is 5.97 Å². The highest BCUT2D eigenvalue weighted by Gasteiger charge is 2.12. The number of furan rings is 1. The fourth-order valence-corrected chi connectivity index (χ4v) is 2.25. The Morgan fingerprint density at radius 1 is 1.26 bits per heavy atom. The molecule has 7 heteroatoms. The normalized spacial score (nSPS) is 10.6. The van der Waals surface area contributed by atoms with Crippen LogP contribution in [0.15, 0.2) is 52.3 Å². The standard InChI is InChI=1S/C16H12N2O5/c17-10-1-4-14(13(6-10)18-21)23-11-2-3-12-9(5-16(19)20)8-22-15(12)7-11/h1-4,6-8H,5,17H2,(H,19,20). The second-order valence-corrected chi connectivity index (χ2v) is 4.91. The Bertz CT molecular complexity index is 901. The molecule has 0 spiro atoms. The average molecular weight is 312 g/mol. The van der Waals surface area contributed by atoms with Crippen LogP contribution in [0.3, 0.4) is 0 Å². The maximum absolute atomic E-state index is 10.8. The van der Waals surface area contributed by atoms with Crippen LogP contribution in [-0.2, 0) is 11.2 Å². The first-order chi connectivity index (χ1) is 11.1. The summed E-state index contributed by atoms with van der Waals surface area (Å²) in [6.07, 6.45) is 1.29. The molecular weight excluding hydrogens is 300 g/mol. The van der Waals surface area contributed by atoms with Crippen molar-refractivity contribution in [1.29, 1.82) is 0 Å². The minimum atomic E-state index is -0.934. The van der Waals surface area contributed by atoms with Crippen molar-refractivity contribution in [2.45, 2.75) is 6.42 Å². The van der Waals surface area contributed by atoms with Crippen LogP contribution in [0, 0.1) is 4.91 Å². The van der Waals surface area contributed by atoms with E-state index in [0.717, 1.165) is 0 Å². The van der Waals surface area contributed by atoms with Crippen molar-refractivity contribution in [1.82, 2.24) is 0 Å². The third-order valence-electron chi connectivity index (χ3n) is 3.28. The fraction of sp³-hybridized carbons (Fsp3) is 0.0625. The van der Waals surface area contributed by atoms with E-state index in [-0.39, 0.29) is 17.9 Å². The van der Waals surface area contributed by atoms with Gasteiger partial charge in [0.05, 0.1) is 12.7 Å². The number of fused-ring (bicyclic) bond motifs is 1. The predicted octanol–water partition coefficient (Wildman–Crippen LogP) is 3.83. The van der Waals surface area contributed by atoms with E-state index in [1.807, 2.05) is 0 Å². The molecule has 0 aliphatic heterocycles. The minimum Gasteiger partial charge on any atom is -0.481 e. The molecule has 1 aromatic heterocycles. The number of benzene rings is 2. The van der Waals surface area contributed by atoms with Gasteiger partial charge in [0.1, 0.15) is 11.3 Å². The number of ether oxygens (including phenoxy) is 1. The molecule has 0 saturated carbocycles. The van der Waals surface area contributed by atoms with Gasteiger partial charge >= 0.3 is 5.97 Å². The molecule has 0 aliphatic rings. The van der Waals surface area contributed by atoms with E-state index in [1.54, 1.807) is 30.3 Å². The summed E-state index contributed by atoms with van der Waals surface area (Å²) in [6.45, 7) is 0. The van der Waals surface area contributed by atoms with Gasteiger partial charge in [0.25, 0.3) is 0 Å². The number of nitrogen functional groups attached to an aromatic ring is 1. The zero-order chi connectivity index (χ0) is 16.4. The van der Waals surface area contributed by atoms with E-state index in [0.29, 0.717) is 28.0 Å². The second-order valence-electron chi connectivity index (χ2n) is 4.91. The molecule has 0 aliphatic carbocycles. The Hall–Kier alpha value is -3.35. The second kappa shape index (κ2) is 5.80. The largest absolute Gasteiger partial charge is 0.481 e. The Morgan fingerprint density at radius 2 is 2.09 bits per heavy atom. The van der Waals surface area contributed by atoms with Gasteiger partial charge in [-0.1, -0.05) is 0 Å². The monoisotopic (exact) mass is 312 g/mol. The molecule has 0 unspecified atom stereocenters. The highest BCUT2D eigenvalue weighted by Crippen LogP contribution is 2.35. The van der Waals surface area contributed by atoms with Crippen LogP contribution in [0.4, 0.5) is 11.4 Å². The van der Waals surface area contributed by atoms with Crippen molar-refractivity contribution >= 4 is 28.3 Å². The maximum atomic E-state index is 10.8. The van der Waals surface area contributed by atoms with Crippen molar-refractivity contribution in [3.63, 3.8) is 0 Å². The van der Waals surface area contributed by atoms with Gasteiger partial charge < -0.3 is 20.0 Å². The molecule has 116 valence electrons. The summed E-state index contributed by atoms with van der Waals surface area (Å²) in [5.74, 6) is -0.231. The lowest BCUT2D eigenvalue weighted by Crippen LogP contribution is -1.98. The molecule has 7 nitrogen and oxygen atoms in total. The summed E-state index contributed by atoms with van der Waals surface area (Å²) in [4.78, 5) is 21.6. The van der Waals surface area contributed by atoms with Crippen LogP contribution in [-0.4, -0.2) is 11.1 Å². The van der Waals surface area contributed by atoms with Crippen LogP contribution in [0.25, 0.3) is 11.0 Å². The van der Waals surface area contributed by atoms with Crippen molar-refractivity contribution in [2.75, 3.05) is 5.73 Å². The minimum absolute atomic E-state index is 0.0936. The van der Waals surface area contributed by atoms with Gasteiger partial charge in [-0.3, -0.25) is 4.79 Å². The van der Waals surface area contributed by atoms with E-state index >= 15 is 0 Å². The molecule has 0 saturated heterocycles. The number of nitrogens with zero attached hydrogens (tertiary/aromatic N) is 1. The first-order valence-electron chi connectivity index (χ1n) is 6.69. The van der Waals surface area contributed by atoms with Crippen molar-refractivity contribution in [3.05, 3.63) is 53.1 Å². The molecule has 2 aromatic carbocycles. The van der Waals surface area contributed by atoms with E-state index in [9.17, 15) is 9.70 Å². The topological polar surface area (TPSA) is 115 Å². The molecule has 3 N–H and O–H groups in total. The Morgan fingerprint density at radius 3 is 2.83 bits per heavy atom. The van der Waals surface area contributed by atoms with Crippen molar-refractivity contribution in [2.24, 2.45) is 5.18 Å². The predicted molar refractivity (Wildman–Crippen MR) is 83.9 cm³/mol. The number of anilines is 1. The van der Waals surface area contributed by atoms with Crippen LogP contribution in [0.5, 0.6) is 11.5 Å². The molecule has 3 aromatic rings. The number of carboxylic acids is 1. The summed E-state index contributed by atoms with van der Waals surface area (Å²) >= 11 is 0. The highest BCUT2D eigenvalue weighted by atomic mass is 16.5. The maximum Gasteiger partial charge on any atom is 0.307 e. The molecule has 0 radical (unpaired) electrons. The van der Waals surface area contributed by atoms with Gasteiger partial charge in [-0.25, -0.2) is 0 Å². The molecule has 0 fully saturated rings. The van der Waals surface area contributed by atoms with Crippen LogP contribution >= 0.6 is 0 Å². The number of nitroso groups, excluding NO2 is 1. The molecule has 23 heavy (non-hydrogen) atoms. The first kappa shape index (κ1) is 14.6. The first-order valence-corrected chi connectivity index (χ1v) is 6.69. The number of hydrogen-bond donors (Lipinski definition) is 2. The lowest BCUT2D eigenvalue weighted by Gasteiger charge is -2.07. The molecule has 0 atom stereocenters. The summed E-state index contributed by atoms with van der Waals surface area (Å²) in [5, 5.41) is 12.4. The molecule has 3 rings (SSSR count). The van der Waals surface area contributed by atoms with Crippen LogP contribution in [0.1, 0.15) is 5.56 Å². The Balaban J connectivity index is 1.92. The third kappa shape index (κ3) is 2.98. The van der Waals surface area contributed by atoms with Crippen LogP contribution < -0.4 is 10.5 Å². The molecule has 1 heterocycles. The molecule has 0 amide bonds. The number of carboxylic acid groups (broad SMARTS) is 1. The number of nitrogens with two attached hydrogens (primary N) is 1. The van der Waals surface area contributed by atoms with Gasteiger partial charge in [-0.05, 0) is 35.5 Å². The summed E-state index contributed by atoms with van der Waals surface area (Å²) < 4.78 is 11.0. The van der Waals surface area contributed by atoms with Gasteiger partial charge in [-0.2, -0.15) is 0 Å². The SMILES string of the molecule is Nc1ccc(Oc2ccc3c(CC(=O)O)coc3c2)c(N=O)c1. The van der Waals surface area contributed by atoms with Gasteiger partial charge in [0.2, 0.25) is 0 Å². The third-order valence-corrected chi connectivity index (χ3v) is 3.28. The molecule has 0 bridgehead atoms. The van der Waals surface area contributed by atoms with Gasteiger partial charge in [0.15, 0.2) is 11.4 Å². The summed E-state index contributed by atoms with van der Waals surface area (Å²) in [6, 6.07) is 9.55. The Labute approximate surface area is 130 Å². The van der Waals surface area contributed by atoms with E-state index in [1.165, 1.54) is 12.3 Å². The number of carbonyl (C=O) groups is 1. The number of rotatable bonds is 5. The lowest BCUT2D eigenvalue weighted by atomic mass is 10.1. The number of hydrogen-bond acceptors (Lipinski definition) is 6. The quantitative estimate of drug-likeness (QED) is 0.546. The van der Waals surface area contributed by atoms with E-state index in [2.05, 4.69) is 5.18 Å². The molecular formula is C16H12N2O5. The van der Waals surface area contributed by atoms with Crippen molar-refractivity contribution in [3.8, 4) is 11.5 Å². The zero-order valence-corrected chi connectivity index (χ0v) is 11.9. The zero-order valence-electron chi connectivity index (χ0n) is 11.9. The van der Waals surface area contributed by atoms with E-state index in [4.69, 9.17) is 20.0 Å². The van der Waals surface area contributed by atoms with Crippen LogP contribution in [0.2, 0.25) is 0 Å². The van der Waals surface area contributed by atoms with Gasteiger partial charge in [0, 0.05) is 22.7 Å².